The fourth-order valence-corrected chi connectivity index (χ4v) is 10.3. The van der Waals surface area contributed by atoms with Crippen LogP contribution in [0.25, 0.3) is 44.2 Å². The zero-order valence-corrected chi connectivity index (χ0v) is 30.5. The maximum Gasteiger partial charge on any atom is 0.137 e. The zero-order valence-electron chi connectivity index (χ0n) is 30.5. The molecule has 3 aliphatic rings. The van der Waals surface area contributed by atoms with E-state index in [0.717, 1.165) is 55.9 Å². The number of nitrogens with zero attached hydrogens (tertiary/aromatic N) is 1. The van der Waals surface area contributed by atoms with E-state index >= 15 is 0 Å². The number of rotatable bonds is 3. The van der Waals surface area contributed by atoms with Crippen molar-refractivity contribution in [3.63, 3.8) is 0 Å². The minimum Gasteiger partial charge on any atom is -0.457 e. The number of para-hydroxylation sites is 3. The molecule has 0 N–H and O–H groups in total. The van der Waals surface area contributed by atoms with Crippen molar-refractivity contribution < 1.29 is 9.15 Å². The summed E-state index contributed by atoms with van der Waals surface area (Å²) in [6.45, 7) is 4.72. The summed E-state index contributed by atoms with van der Waals surface area (Å²) in [6.07, 6.45) is 0. The van der Waals surface area contributed by atoms with Gasteiger partial charge in [0, 0.05) is 27.6 Å². The van der Waals surface area contributed by atoms with Crippen molar-refractivity contribution in [3.05, 3.63) is 209 Å². The van der Waals surface area contributed by atoms with Crippen molar-refractivity contribution in [1.82, 2.24) is 0 Å². The highest BCUT2D eigenvalue weighted by molar-refractivity contribution is 6.15. The van der Waals surface area contributed by atoms with Crippen LogP contribution < -0.4 is 9.64 Å². The summed E-state index contributed by atoms with van der Waals surface area (Å²) in [5, 5.41) is 2.20. The Kier molecular flexibility index (Phi) is 6.05. The predicted octanol–water partition coefficient (Wildman–Crippen LogP) is 13.8. The van der Waals surface area contributed by atoms with Gasteiger partial charge < -0.3 is 14.1 Å². The minimum absolute atomic E-state index is 0.197. The van der Waals surface area contributed by atoms with Gasteiger partial charge in [-0.2, -0.15) is 0 Å². The topological polar surface area (TPSA) is 25.6 Å². The van der Waals surface area contributed by atoms with Gasteiger partial charge in [-0.1, -0.05) is 135 Å². The molecular formula is C52H35NO2. The van der Waals surface area contributed by atoms with Gasteiger partial charge >= 0.3 is 0 Å². The fourth-order valence-electron chi connectivity index (χ4n) is 10.3. The van der Waals surface area contributed by atoms with Crippen LogP contribution in [0.4, 0.5) is 17.1 Å². The van der Waals surface area contributed by atoms with E-state index in [1.807, 2.05) is 0 Å². The predicted molar refractivity (Wildman–Crippen MR) is 223 cm³/mol. The number of ether oxygens (including phenoxy) is 1. The van der Waals surface area contributed by atoms with Crippen LogP contribution in [0.5, 0.6) is 11.5 Å². The maximum atomic E-state index is 6.98. The number of hydrogen-bond acceptors (Lipinski definition) is 3. The molecule has 1 aromatic heterocycles. The van der Waals surface area contributed by atoms with E-state index < -0.39 is 5.41 Å². The lowest BCUT2D eigenvalue weighted by Crippen LogP contribution is -2.32. The molecule has 55 heavy (non-hydrogen) atoms. The lowest BCUT2D eigenvalue weighted by molar-refractivity contribution is 0.436. The van der Waals surface area contributed by atoms with Crippen LogP contribution >= 0.6 is 0 Å². The third-order valence-corrected chi connectivity index (χ3v) is 12.5. The molecule has 12 rings (SSSR count). The summed E-state index contributed by atoms with van der Waals surface area (Å²) >= 11 is 0. The van der Waals surface area contributed by atoms with Crippen LogP contribution in [-0.4, -0.2) is 0 Å². The second-order valence-electron chi connectivity index (χ2n) is 15.6. The molecule has 1 spiro atoms. The molecule has 0 saturated carbocycles. The minimum atomic E-state index is -0.561. The number of anilines is 3. The molecular weight excluding hydrogens is 671 g/mol. The van der Waals surface area contributed by atoms with Gasteiger partial charge in [-0.25, -0.2) is 0 Å². The Morgan fingerprint density at radius 3 is 1.76 bits per heavy atom. The molecule has 3 nitrogen and oxygen atoms in total. The van der Waals surface area contributed by atoms with Crippen molar-refractivity contribution in [1.29, 1.82) is 0 Å². The molecule has 8 aromatic carbocycles. The van der Waals surface area contributed by atoms with E-state index in [-0.39, 0.29) is 5.41 Å². The highest BCUT2D eigenvalue weighted by atomic mass is 16.5. The average molecular weight is 706 g/mol. The Morgan fingerprint density at radius 2 is 1.02 bits per heavy atom. The van der Waals surface area contributed by atoms with E-state index in [9.17, 15) is 0 Å². The average Bonchev–Trinajstić information content (AvgIpc) is 3.82. The second-order valence-corrected chi connectivity index (χ2v) is 15.6. The van der Waals surface area contributed by atoms with E-state index in [1.165, 1.54) is 50.2 Å². The molecule has 0 bridgehead atoms. The van der Waals surface area contributed by atoms with Crippen LogP contribution in [0, 0.1) is 0 Å². The van der Waals surface area contributed by atoms with Crippen molar-refractivity contribution in [2.45, 2.75) is 24.7 Å². The maximum absolute atomic E-state index is 6.98. The summed E-state index contributed by atoms with van der Waals surface area (Å²) < 4.78 is 13.6. The highest BCUT2D eigenvalue weighted by Crippen LogP contribution is 2.63. The third-order valence-electron chi connectivity index (χ3n) is 12.5. The standard InChI is InChI=1S/C52H35NO2/c1-51(2)38-21-8-6-18-33(38)35-20-14-26-44(50(35)51)53(32-16-4-3-5-17-32)43-25-15-29-47-49(43)37-30-36-34-19-7-9-22-39(34)52(42(36)31-48(37)55-47)40-23-10-12-27-45(40)54-46-28-13-11-24-41(46)52/h3-31H,1-2H3. The monoisotopic (exact) mass is 705 g/mol. The van der Waals surface area contributed by atoms with Crippen molar-refractivity contribution in [2.24, 2.45) is 0 Å². The molecule has 2 aliphatic carbocycles. The van der Waals surface area contributed by atoms with Gasteiger partial charge in [-0.05, 0) is 99.1 Å². The van der Waals surface area contributed by atoms with Gasteiger partial charge in [-0.3, -0.25) is 0 Å². The second kappa shape index (κ2) is 10.9. The molecule has 0 amide bonds. The Bertz CT molecular complexity index is 3010. The van der Waals surface area contributed by atoms with Gasteiger partial charge in [0.1, 0.15) is 22.7 Å². The van der Waals surface area contributed by atoms with Crippen LogP contribution in [0.2, 0.25) is 0 Å². The molecule has 9 aromatic rings. The van der Waals surface area contributed by atoms with Gasteiger partial charge in [0.15, 0.2) is 0 Å². The largest absolute Gasteiger partial charge is 0.457 e. The SMILES string of the molecule is CC1(C)c2ccccc2-c2cccc(N(c3ccccc3)c3cccc4oc5cc6c(cc5c34)-c3ccccc3C63c4ccccc4Oc4ccccc43)c21. The summed E-state index contributed by atoms with van der Waals surface area (Å²) in [7, 11) is 0. The lowest BCUT2D eigenvalue weighted by atomic mass is 9.66. The van der Waals surface area contributed by atoms with E-state index in [1.54, 1.807) is 0 Å². The Hall–Kier alpha value is -6.84. The van der Waals surface area contributed by atoms with Gasteiger partial charge in [0.25, 0.3) is 0 Å². The number of fused-ring (bicyclic) bond motifs is 15. The molecule has 260 valence electrons. The van der Waals surface area contributed by atoms with Gasteiger partial charge in [0.2, 0.25) is 0 Å². The fraction of sp³-hybridized carbons (Fsp3) is 0.0769. The first-order valence-corrected chi connectivity index (χ1v) is 19.1. The quantitative estimate of drug-likeness (QED) is 0.183. The van der Waals surface area contributed by atoms with Crippen molar-refractivity contribution in [2.75, 3.05) is 4.90 Å². The number of hydrogen-bond donors (Lipinski definition) is 0. The summed E-state index contributed by atoms with van der Waals surface area (Å²) in [6, 6.07) is 63.6. The molecule has 2 heterocycles. The Morgan fingerprint density at radius 1 is 0.436 bits per heavy atom. The van der Waals surface area contributed by atoms with Gasteiger partial charge in [0.05, 0.1) is 22.2 Å². The van der Waals surface area contributed by atoms with Crippen molar-refractivity contribution in [3.8, 4) is 33.8 Å². The van der Waals surface area contributed by atoms with Gasteiger partial charge in [-0.15, -0.1) is 0 Å². The molecule has 0 fully saturated rings. The number of benzene rings is 8. The molecule has 0 atom stereocenters. The number of furan rings is 1. The van der Waals surface area contributed by atoms with Crippen LogP contribution in [-0.2, 0) is 10.8 Å². The first kappa shape index (κ1) is 30.6. The molecule has 1 aliphatic heterocycles. The molecule has 0 radical (unpaired) electrons. The van der Waals surface area contributed by atoms with E-state index in [2.05, 4.69) is 195 Å². The first-order chi connectivity index (χ1) is 27.0. The molecule has 0 saturated heterocycles. The molecule has 0 unspecified atom stereocenters. The zero-order chi connectivity index (χ0) is 36.5. The Balaban J connectivity index is 1.16. The van der Waals surface area contributed by atoms with Crippen molar-refractivity contribution >= 4 is 39.0 Å². The van der Waals surface area contributed by atoms with Crippen LogP contribution in [0.3, 0.4) is 0 Å². The summed E-state index contributed by atoms with van der Waals surface area (Å²) in [5.74, 6) is 1.77. The lowest BCUT2D eigenvalue weighted by Gasteiger charge is -2.39. The summed E-state index contributed by atoms with van der Waals surface area (Å²) in [5.41, 5.74) is 16.8. The van der Waals surface area contributed by atoms with Crippen LogP contribution in [0.1, 0.15) is 47.2 Å². The Labute approximate surface area is 319 Å². The highest BCUT2D eigenvalue weighted by Gasteiger charge is 2.51. The smallest absolute Gasteiger partial charge is 0.137 e. The van der Waals surface area contributed by atoms with E-state index in [4.69, 9.17) is 9.15 Å². The molecule has 3 heteroatoms. The normalized spacial score (nSPS) is 14.8. The summed E-state index contributed by atoms with van der Waals surface area (Å²) in [4.78, 5) is 2.46. The van der Waals surface area contributed by atoms with E-state index in [0.29, 0.717) is 0 Å². The first-order valence-electron chi connectivity index (χ1n) is 19.1. The third kappa shape index (κ3) is 3.89. The van der Waals surface area contributed by atoms with Crippen LogP contribution in [0.15, 0.2) is 180 Å².